The minimum Gasteiger partial charge on any atom is -0.352 e. The molecule has 1 atom stereocenters. The molecule has 0 spiro atoms. The van der Waals surface area contributed by atoms with Crippen molar-refractivity contribution in [3.63, 3.8) is 0 Å². The van der Waals surface area contributed by atoms with E-state index in [1.54, 1.807) is 0 Å². The van der Waals surface area contributed by atoms with Crippen molar-refractivity contribution in [3.8, 4) is 0 Å². The third-order valence-corrected chi connectivity index (χ3v) is 3.85. The van der Waals surface area contributed by atoms with E-state index in [4.69, 9.17) is 0 Å². The van der Waals surface area contributed by atoms with Crippen LogP contribution in [0.4, 0.5) is 0 Å². The minimum atomic E-state index is -0.0505. The normalized spacial score (nSPS) is 23.6. The van der Waals surface area contributed by atoms with Crippen molar-refractivity contribution in [2.24, 2.45) is 0 Å². The maximum Gasteiger partial charge on any atom is 0.237 e. The van der Waals surface area contributed by atoms with Gasteiger partial charge in [0.15, 0.2) is 0 Å². The number of carbonyl (C=O) groups is 1. The standard InChI is InChI=1S/C14H18N2O/c17-14(16-12-6-3-7-12)13-8-10-4-1-2-5-11(10)9-15-13/h1-2,4-5,12-13,15H,3,6-9H2,(H,16,17)/t13-/m0/s1. The zero-order chi connectivity index (χ0) is 11.7. The molecule has 0 radical (unpaired) electrons. The summed E-state index contributed by atoms with van der Waals surface area (Å²) >= 11 is 0. The third kappa shape index (κ3) is 2.20. The number of rotatable bonds is 2. The van der Waals surface area contributed by atoms with Crippen LogP contribution >= 0.6 is 0 Å². The van der Waals surface area contributed by atoms with Crippen LogP contribution in [0.3, 0.4) is 0 Å². The molecule has 17 heavy (non-hydrogen) atoms. The summed E-state index contributed by atoms with van der Waals surface area (Å²) in [6.07, 6.45) is 4.37. The summed E-state index contributed by atoms with van der Waals surface area (Å²) < 4.78 is 0. The van der Waals surface area contributed by atoms with E-state index in [0.29, 0.717) is 6.04 Å². The Morgan fingerprint density at radius 1 is 1.24 bits per heavy atom. The highest BCUT2D eigenvalue weighted by Crippen LogP contribution is 2.20. The van der Waals surface area contributed by atoms with Gasteiger partial charge in [-0.25, -0.2) is 0 Å². The minimum absolute atomic E-state index is 0.0505. The molecule has 1 saturated carbocycles. The van der Waals surface area contributed by atoms with E-state index < -0.39 is 0 Å². The largest absolute Gasteiger partial charge is 0.352 e. The van der Waals surface area contributed by atoms with Gasteiger partial charge < -0.3 is 10.6 Å². The maximum absolute atomic E-state index is 12.0. The molecule has 2 N–H and O–H groups in total. The Bertz CT molecular complexity index is 426. The summed E-state index contributed by atoms with van der Waals surface area (Å²) in [4.78, 5) is 12.0. The maximum atomic E-state index is 12.0. The topological polar surface area (TPSA) is 41.1 Å². The van der Waals surface area contributed by atoms with Crippen molar-refractivity contribution in [3.05, 3.63) is 35.4 Å². The van der Waals surface area contributed by atoms with E-state index in [1.807, 2.05) is 6.07 Å². The first kappa shape index (κ1) is 10.8. The van der Waals surface area contributed by atoms with Crippen LogP contribution < -0.4 is 10.6 Å². The van der Waals surface area contributed by atoms with Crippen molar-refractivity contribution in [2.75, 3.05) is 0 Å². The number of nitrogens with one attached hydrogen (secondary N) is 2. The van der Waals surface area contributed by atoms with Gasteiger partial charge in [-0.15, -0.1) is 0 Å². The molecule has 3 heteroatoms. The average molecular weight is 230 g/mol. The first-order chi connectivity index (χ1) is 8.33. The van der Waals surface area contributed by atoms with Crippen LogP contribution in [0.2, 0.25) is 0 Å². The van der Waals surface area contributed by atoms with Crippen LogP contribution in [0.25, 0.3) is 0 Å². The van der Waals surface area contributed by atoms with Crippen LogP contribution in [-0.4, -0.2) is 18.0 Å². The fraction of sp³-hybridized carbons (Fsp3) is 0.500. The van der Waals surface area contributed by atoms with Gasteiger partial charge in [0, 0.05) is 12.6 Å². The summed E-state index contributed by atoms with van der Waals surface area (Å²) in [5.74, 6) is 0.171. The first-order valence-corrected chi connectivity index (χ1v) is 6.43. The number of amides is 1. The van der Waals surface area contributed by atoms with Gasteiger partial charge in [-0.05, 0) is 36.8 Å². The molecule has 3 rings (SSSR count). The first-order valence-electron chi connectivity index (χ1n) is 6.43. The Morgan fingerprint density at radius 2 is 2.00 bits per heavy atom. The van der Waals surface area contributed by atoms with Gasteiger partial charge in [0.1, 0.15) is 0 Å². The summed E-state index contributed by atoms with van der Waals surface area (Å²) in [6, 6.07) is 8.73. The monoisotopic (exact) mass is 230 g/mol. The van der Waals surface area contributed by atoms with Crippen molar-refractivity contribution in [1.29, 1.82) is 0 Å². The predicted octanol–water partition coefficient (Wildman–Crippen LogP) is 1.37. The summed E-state index contributed by atoms with van der Waals surface area (Å²) in [6.45, 7) is 0.804. The second-order valence-electron chi connectivity index (χ2n) is 5.04. The number of benzene rings is 1. The molecule has 0 saturated heterocycles. The Morgan fingerprint density at radius 3 is 2.71 bits per heavy atom. The van der Waals surface area contributed by atoms with Crippen LogP contribution in [0.1, 0.15) is 30.4 Å². The lowest BCUT2D eigenvalue weighted by atomic mass is 9.91. The van der Waals surface area contributed by atoms with Gasteiger partial charge in [-0.2, -0.15) is 0 Å². The molecule has 0 unspecified atom stereocenters. The molecule has 2 aliphatic rings. The quantitative estimate of drug-likeness (QED) is 0.805. The highest BCUT2D eigenvalue weighted by molar-refractivity contribution is 5.82. The molecular formula is C14H18N2O. The van der Waals surface area contributed by atoms with Crippen molar-refractivity contribution in [1.82, 2.24) is 10.6 Å². The van der Waals surface area contributed by atoms with E-state index in [0.717, 1.165) is 25.8 Å². The van der Waals surface area contributed by atoms with Gasteiger partial charge in [-0.1, -0.05) is 24.3 Å². The molecule has 1 aromatic carbocycles. The molecule has 90 valence electrons. The van der Waals surface area contributed by atoms with Crippen LogP contribution in [-0.2, 0) is 17.8 Å². The van der Waals surface area contributed by atoms with Crippen molar-refractivity contribution in [2.45, 2.75) is 44.3 Å². The fourth-order valence-corrected chi connectivity index (χ4v) is 2.49. The fourth-order valence-electron chi connectivity index (χ4n) is 2.49. The van der Waals surface area contributed by atoms with Gasteiger partial charge in [0.05, 0.1) is 6.04 Å². The number of hydrogen-bond acceptors (Lipinski definition) is 2. The molecule has 0 bridgehead atoms. The molecule has 1 amide bonds. The van der Waals surface area contributed by atoms with Crippen LogP contribution in [0.15, 0.2) is 24.3 Å². The Labute approximate surface area is 102 Å². The SMILES string of the molecule is O=C(NC1CCC1)[C@@H]1Cc2ccccc2CN1. The molecule has 1 aliphatic carbocycles. The number of carbonyl (C=O) groups excluding carboxylic acids is 1. The van der Waals surface area contributed by atoms with Crippen molar-refractivity contribution < 1.29 is 4.79 Å². The molecule has 3 nitrogen and oxygen atoms in total. The van der Waals surface area contributed by atoms with Crippen LogP contribution in [0.5, 0.6) is 0 Å². The van der Waals surface area contributed by atoms with E-state index in [-0.39, 0.29) is 11.9 Å². The molecule has 1 aromatic rings. The van der Waals surface area contributed by atoms with E-state index >= 15 is 0 Å². The Hall–Kier alpha value is -1.35. The van der Waals surface area contributed by atoms with Gasteiger partial charge >= 0.3 is 0 Å². The lowest BCUT2D eigenvalue weighted by Gasteiger charge is -2.31. The highest BCUT2D eigenvalue weighted by atomic mass is 16.2. The van der Waals surface area contributed by atoms with Crippen LogP contribution in [0, 0.1) is 0 Å². The zero-order valence-electron chi connectivity index (χ0n) is 9.91. The Balaban J connectivity index is 1.64. The zero-order valence-corrected chi connectivity index (χ0v) is 9.91. The van der Waals surface area contributed by atoms with E-state index in [1.165, 1.54) is 17.5 Å². The number of fused-ring (bicyclic) bond motifs is 1. The summed E-state index contributed by atoms with van der Waals surface area (Å²) in [5, 5.41) is 6.43. The third-order valence-electron chi connectivity index (χ3n) is 3.85. The Kier molecular flexibility index (Phi) is 2.85. The van der Waals surface area contributed by atoms with Crippen molar-refractivity contribution >= 4 is 5.91 Å². The molecule has 1 heterocycles. The average Bonchev–Trinajstić information content (AvgIpc) is 2.33. The molecular weight excluding hydrogens is 212 g/mol. The van der Waals surface area contributed by atoms with E-state index in [2.05, 4.69) is 28.8 Å². The second-order valence-corrected chi connectivity index (χ2v) is 5.04. The van der Waals surface area contributed by atoms with Gasteiger partial charge in [0.2, 0.25) is 5.91 Å². The van der Waals surface area contributed by atoms with Gasteiger partial charge in [-0.3, -0.25) is 4.79 Å². The number of hydrogen-bond donors (Lipinski definition) is 2. The molecule has 0 aromatic heterocycles. The summed E-state index contributed by atoms with van der Waals surface area (Å²) in [5.41, 5.74) is 2.63. The second kappa shape index (κ2) is 4.49. The van der Waals surface area contributed by atoms with E-state index in [9.17, 15) is 4.79 Å². The molecule has 1 fully saturated rings. The molecule has 1 aliphatic heterocycles. The smallest absolute Gasteiger partial charge is 0.237 e. The predicted molar refractivity (Wildman–Crippen MR) is 66.6 cm³/mol. The lowest BCUT2D eigenvalue weighted by Crippen LogP contribution is -2.51. The van der Waals surface area contributed by atoms with Gasteiger partial charge in [0.25, 0.3) is 0 Å². The lowest BCUT2D eigenvalue weighted by molar-refractivity contribution is -0.124. The highest BCUT2D eigenvalue weighted by Gasteiger charge is 2.27. The summed E-state index contributed by atoms with van der Waals surface area (Å²) in [7, 11) is 0.